The third kappa shape index (κ3) is 4.95. The molecule has 2 N–H and O–H groups in total. The number of nitrogens with zero attached hydrogens (tertiary/aromatic N) is 1. The Hall–Kier alpha value is -1.12. The van der Waals surface area contributed by atoms with Gasteiger partial charge in [-0.05, 0) is 57.1 Å². The predicted octanol–water partition coefficient (Wildman–Crippen LogP) is 3.73. The molecule has 0 spiro atoms. The number of thiazole rings is 1. The molecule has 25 heavy (non-hydrogen) atoms. The van der Waals surface area contributed by atoms with Crippen LogP contribution in [0, 0.1) is 6.92 Å². The van der Waals surface area contributed by atoms with Gasteiger partial charge >= 0.3 is 0 Å². The number of carbonyl (C=O) groups is 1. The van der Waals surface area contributed by atoms with Gasteiger partial charge in [-0.1, -0.05) is 11.8 Å². The summed E-state index contributed by atoms with van der Waals surface area (Å²) in [4.78, 5) is 18.2. The number of benzene rings is 1. The summed E-state index contributed by atoms with van der Waals surface area (Å²) in [6.07, 6.45) is 1.37. The summed E-state index contributed by atoms with van der Waals surface area (Å²) in [6.45, 7) is 3.58. The van der Waals surface area contributed by atoms with E-state index < -0.39 is 5.60 Å². The van der Waals surface area contributed by atoms with Crippen LogP contribution in [0.3, 0.4) is 0 Å². The fourth-order valence-corrected chi connectivity index (χ4v) is 4.50. The van der Waals surface area contributed by atoms with Crippen LogP contribution in [0.15, 0.2) is 38.9 Å². The van der Waals surface area contributed by atoms with E-state index in [4.69, 9.17) is 4.74 Å². The van der Waals surface area contributed by atoms with Gasteiger partial charge in [0.1, 0.15) is 5.60 Å². The maximum atomic E-state index is 12.6. The molecule has 0 radical (unpaired) electrons. The van der Waals surface area contributed by atoms with Crippen LogP contribution in [0.25, 0.3) is 0 Å². The van der Waals surface area contributed by atoms with Crippen LogP contribution in [0.2, 0.25) is 0 Å². The Labute approximate surface area is 162 Å². The van der Waals surface area contributed by atoms with Crippen molar-refractivity contribution in [2.24, 2.45) is 0 Å². The van der Waals surface area contributed by atoms with Gasteiger partial charge in [-0.15, -0.1) is 23.7 Å². The monoisotopic (exact) mass is 399 g/mol. The highest BCUT2D eigenvalue weighted by Gasteiger charge is 2.39. The van der Waals surface area contributed by atoms with E-state index in [9.17, 15) is 4.79 Å². The smallest absolute Gasteiger partial charge is 0.256 e. The highest BCUT2D eigenvalue weighted by molar-refractivity contribution is 8.01. The highest BCUT2D eigenvalue weighted by atomic mass is 35.5. The number of amides is 1. The fraction of sp³-hybridized carbons (Fsp3) is 0.412. The van der Waals surface area contributed by atoms with Gasteiger partial charge in [0.15, 0.2) is 4.34 Å². The van der Waals surface area contributed by atoms with Gasteiger partial charge in [0.05, 0.1) is 0 Å². The van der Waals surface area contributed by atoms with Gasteiger partial charge < -0.3 is 15.4 Å². The van der Waals surface area contributed by atoms with E-state index in [2.05, 4.69) is 15.6 Å². The van der Waals surface area contributed by atoms with Gasteiger partial charge in [0, 0.05) is 28.8 Å². The zero-order valence-electron chi connectivity index (χ0n) is 14.2. The minimum absolute atomic E-state index is 0. The Kier molecular flexibility index (Phi) is 7.27. The number of piperidine rings is 1. The van der Waals surface area contributed by atoms with Gasteiger partial charge in [-0.3, -0.25) is 4.79 Å². The maximum Gasteiger partial charge on any atom is 0.256 e. The molecule has 0 atom stereocenters. The average molecular weight is 400 g/mol. The van der Waals surface area contributed by atoms with E-state index in [1.165, 1.54) is 0 Å². The largest absolute Gasteiger partial charge is 0.368 e. The van der Waals surface area contributed by atoms with Crippen molar-refractivity contribution in [2.75, 3.05) is 25.5 Å². The van der Waals surface area contributed by atoms with Gasteiger partial charge in [0.2, 0.25) is 0 Å². The van der Waals surface area contributed by atoms with E-state index in [-0.39, 0.29) is 18.3 Å². The lowest BCUT2D eigenvalue weighted by atomic mass is 9.91. The molecule has 136 valence electrons. The van der Waals surface area contributed by atoms with Crippen LogP contribution < -0.4 is 10.6 Å². The lowest BCUT2D eigenvalue weighted by Crippen LogP contribution is -2.51. The van der Waals surface area contributed by atoms with Gasteiger partial charge in [-0.25, -0.2) is 4.98 Å². The van der Waals surface area contributed by atoms with Crippen LogP contribution in [-0.2, 0) is 9.53 Å². The van der Waals surface area contributed by atoms with E-state index in [1.54, 1.807) is 30.2 Å². The number of hydrogen-bond acceptors (Lipinski definition) is 6. The molecular formula is C17H22ClN3O2S2. The summed E-state index contributed by atoms with van der Waals surface area (Å²) in [5, 5.41) is 8.28. The molecule has 1 aliphatic heterocycles. The van der Waals surface area contributed by atoms with E-state index in [1.807, 2.05) is 36.6 Å². The second kappa shape index (κ2) is 9.00. The molecule has 0 bridgehead atoms. The fourth-order valence-electron chi connectivity index (χ4n) is 2.69. The standard InChI is InChI=1S/C17H21N3O2S2.ClH/c1-12-11-23-16(19-12)24-14-5-3-13(4-6-14)20-15(21)17(22-2)7-9-18-10-8-17;/h3-6,11,18H,7-10H2,1-2H3,(H,20,21);1H. The first-order valence-electron chi connectivity index (χ1n) is 7.89. The molecule has 1 saturated heterocycles. The second-order valence-corrected chi connectivity index (χ2v) is 7.96. The van der Waals surface area contributed by atoms with Gasteiger partial charge in [-0.2, -0.15) is 0 Å². The lowest BCUT2D eigenvalue weighted by molar-refractivity contribution is -0.140. The third-order valence-electron chi connectivity index (χ3n) is 4.13. The molecule has 0 aliphatic carbocycles. The SMILES string of the molecule is COC1(C(=O)Nc2ccc(Sc3nc(C)cs3)cc2)CCNCC1.Cl. The van der Waals surface area contributed by atoms with Crippen LogP contribution in [0.5, 0.6) is 0 Å². The molecule has 0 saturated carbocycles. The summed E-state index contributed by atoms with van der Waals surface area (Å²) in [7, 11) is 1.61. The summed E-state index contributed by atoms with van der Waals surface area (Å²) in [6, 6.07) is 7.84. The number of carbonyl (C=O) groups excluding carboxylic acids is 1. The number of rotatable bonds is 5. The first kappa shape index (κ1) is 20.2. The number of nitrogens with one attached hydrogen (secondary N) is 2. The summed E-state index contributed by atoms with van der Waals surface area (Å²) in [5.74, 6) is -0.0672. The van der Waals surface area contributed by atoms with E-state index in [0.29, 0.717) is 12.8 Å². The molecule has 5 nitrogen and oxygen atoms in total. The first-order chi connectivity index (χ1) is 11.6. The maximum absolute atomic E-state index is 12.6. The minimum atomic E-state index is -0.725. The zero-order chi connectivity index (χ0) is 17.0. The number of ether oxygens (including phenoxy) is 1. The topological polar surface area (TPSA) is 63.2 Å². The molecule has 1 amide bonds. The molecule has 1 aromatic heterocycles. The van der Waals surface area contributed by atoms with Crippen LogP contribution in [0.1, 0.15) is 18.5 Å². The summed E-state index contributed by atoms with van der Waals surface area (Å²) < 4.78 is 6.58. The van der Waals surface area contributed by atoms with Crippen LogP contribution in [0.4, 0.5) is 5.69 Å². The first-order valence-corrected chi connectivity index (χ1v) is 9.58. The number of anilines is 1. The quantitative estimate of drug-likeness (QED) is 0.802. The number of hydrogen-bond donors (Lipinski definition) is 2. The Bertz CT molecular complexity index is 700. The zero-order valence-corrected chi connectivity index (χ0v) is 16.7. The molecule has 1 aromatic carbocycles. The van der Waals surface area contributed by atoms with Crippen molar-refractivity contribution in [3.05, 3.63) is 35.3 Å². The van der Waals surface area contributed by atoms with Crippen LogP contribution >= 0.6 is 35.5 Å². The van der Waals surface area contributed by atoms with Gasteiger partial charge in [0.25, 0.3) is 5.91 Å². The third-order valence-corrected chi connectivity index (χ3v) is 6.20. The molecule has 8 heteroatoms. The Morgan fingerprint density at radius 2 is 2.00 bits per heavy atom. The minimum Gasteiger partial charge on any atom is -0.368 e. The number of halogens is 1. The number of aryl methyl sites for hydroxylation is 1. The van der Waals surface area contributed by atoms with E-state index >= 15 is 0 Å². The molecular weight excluding hydrogens is 378 g/mol. The Morgan fingerprint density at radius 3 is 2.56 bits per heavy atom. The Balaban J connectivity index is 0.00000225. The normalized spacial score (nSPS) is 16.1. The van der Waals surface area contributed by atoms with Crippen molar-refractivity contribution in [3.8, 4) is 0 Å². The van der Waals surface area contributed by atoms with Crippen LogP contribution in [-0.4, -0.2) is 36.7 Å². The number of aromatic nitrogens is 1. The summed E-state index contributed by atoms with van der Waals surface area (Å²) >= 11 is 3.27. The van der Waals surface area contributed by atoms with Crippen molar-refractivity contribution in [1.82, 2.24) is 10.3 Å². The molecule has 3 rings (SSSR count). The average Bonchev–Trinajstić information content (AvgIpc) is 3.02. The molecule has 2 aromatic rings. The summed E-state index contributed by atoms with van der Waals surface area (Å²) in [5.41, 5.74) is 1.10. The second-order valence-electron chi connectivity index (χ2n) is 5.78. The number of methoxy groups -OCH3 is 1. The molecule has 1 fully saturated rings. The Morgan fingerprint density at radius 1 is 1.32 bits per heavy atom. The van der Waals surface area contributed by atoms with Crippen molar-refractivity contribution >= 4 is 47.1 Å². The molecule has 1 aliphatic rings. The molecule has 0 unspecified atom stereocenters. The van der Waals surface area contributed by atoms with Crippen molar-refractivity contribution in [3.63, 3.8) is 0 Å². The van der Waals surface area contributed by atoms with Crippen molar-refractivity contribution < 1.29 is 9.53 Å². The highest BCUT2D eigenvalue weighted by Crippen LogP contribution is 2.31. The lowest BCUT2D eigenvalue weighted by Gasteiger charge is -2.34. The predicted molar refractivity (Wildman–Crippen MR) is 105 cm³/mol. The van der Waals surface area contributed by atoms with E-state index in [0.717, 1.165) is 33.7 Å². The van der Waals surface area contributed by atoms with Crippen molar-refractivity contribution in [1.29, 1.82) is 0 Å². The van der Waals surface area contributed by atoms with Crippen molar-refractivity contribution in [2.45, 2.75) is 34.6 Å². The molecule has 2 heterocycles.